The Balaban J connectivity index is 1.07. The van der Waals surface area contributed by atoms with Crippen LogP contribution >= 0.6 is 0 Å². The first-order chi connectivity index (χ1) is 19.6. The number of aromatic amines is 1. The number of pyridine rings is 2. The summed E-state index contributed by atoms with van der Waals surface area (Å²) < 4.78 is 5.47. The van der Waals surface area contributed by atoms with Gasteiger partial charge in [0.15, 0.2) is 5.82 Å². The zero-order chi connectivity index (χ0) is 27.5. The second-order valence-electron chi connectivity index (χ2n) is 9.84. The average Bonchev–Trinajstić information content (AvgIpc) is 3.40. The van der Waals surface area contributed by atoms with Crippen molar-refractivity contribution in [2.45, 2.75) is 12.5 Å². The van der Waals surface area contributed by atoms with E-state index >= 15 is 0 Å². The summed E-state index contributed by atoms with van der Waals surface area (Å²) in [5.41, 5.74) is 5.02. The van der Waals surface area contributed by atoms with E-state index < -0.39 is 0 Å². The van der Waals surface area contributed by atoms with Crippen molar-refractivity contribution in [2.24, 2.45) is 0 Å². The number of fused-ring (bicyclic) bond motifs is 1. The summed E-state index contributed by atoms with van der Waals surface area (Å²) in [6.45, 7) is 7.83. The second kappa shape index (κ2) is 11.1. The molecule has 3 aromatic heterocycles. The number of anilines is 3. The van der Waals surface area contributed by atoms with Gasteiger partial charge < -0.3 is 30.2 Å². The maximum atomic E-state index is 12.8. The maximum Gasteiger partial charge on any atom is 0.243 e. The van der Waals surface area contributed by atoms with Gasteiger partial charge in [-0.2, -0.15) is 0 Å². The first-order valence-corrected chi connectivity index (χ1v) is 13.3. The molecule has 0 spiro atoms. The minimum Gasteiger partial charge on any atom is -0.378 e. The third-order valence-electron chi connectivity index (χ3n) is 7.05. The first-order valence-electron chi connectivity index (χ1n) is 13.3. The van der Waals surface area contributed by atoms with Crippen LogP contribution in [0.4, 0.5) is 17.2 Å². The number of ether oxygens (including phenoxy) is 1. The predicted octanol–water partition coefficient (Wildman–Crippen LogP) is 2.53. The summed E-state index contributed by atoms with van der Waals surface area (Å²) in [5.74, 6) is 1.28. The van der Waals surface area contributed by atoms with E-state index in [1.807, 2.05) is 42.5 Å². The number of nitrogens with one attached hydrogen (secondary N) is 3. The number of H-pyrrole nitrogens is 1. The third-order valence-corrected chi connectivity index (χ3v) is 7.05. The molecule has 0 atom stereocenters. The largest absolute Gasteiger partial charge is 0.378 e. The van der Waals surface area contributed by atoms with Gasteiger partial charge in [0, 0.05) is 55.5 Å². The van der Waals surface area contributed by atoms with Crippen LogP contribution < -0.4 is 20.4 Å². The molecule has 0 radical (unpaired) electrons. The summed E-state index contributed by atoms with van der Waals surface area (Å²) in [6, 6.07) is 13.4. The minimum atomic E-state index is -0.169. The van der Waals surface area contributed by atoms with E-state index in [9.17, 15) is 9.59 Å². The van der Waals surface area contributed by atoms with Gasteiger partial charge in [0.1, 0.15) is 11.3 Å². The molecule has 4 aromatic rings. The molecule has 0 bridgehead atoms. The summed E-state index contributed by atoms with van der Waals surface area (Å²) in [6.07, 6.45) is 4.93. The molecule has 0 aliphatic carbocycles. The van der Waals surface area contributed by atoms with Crippen molar-refractivity contribution >= 4 is 40.0 Å². The lowest BCUT2D eigenvalue weighted by molar-refractivity contribution is -0.117. The molecule has 40 heavy (non-hydrogen) atoms. The van der Waals surface area contributed by atoms with Gasteiger partial charge in [-0.15, -0.1) is 0 Å². The fourth-order valence-corrected chi connectivity index (χ4v) is 4.95. The van der Waals surface area contributed by atoms with E-state index in [0.29, 0.717) is 37.7 Å². The SMILES string of the molecule is C=CC(=O)NC1CN(c2ccnc(CC(=O)Nc3ccc(-c4nc5c(N6CCOCC6)nccc5[nH]4)cc3)c2)C1. The normalized spacial score (nSPS) is 15.5. The number of nitrogens with zero attached hydrogens (tertiary/aromatic N) is 5. The number of rotatable bonds is 8. The first kappa shape index (κ1) is 25.5. The summed E-state index contributed by atoms with van der Waals surface area (Å²) in [7, 11) is 0. The van der Waals surface area contributed by atoms with Crippen molar-refractivity contribution in [1.82, 2.24) is 25.3 Å². The fourth-order valence-electron chi connectivity index (χ4n) is 4.95. The van der Waals surface area contributed by atoms with Gasteiger partial charge in [-0.3, -0.25) is 14.6 Å². The molecule has 1 aromatic carbocycles. The molecular formula is C29H30N8O3. The highest BCUT2D eigenvalue weighted by Gasteiger charge is 2.28. The number of hydrogen-bond donors (Lipinski definition) is 3. The van der Waals surface area contributed by atoms with Crippen LogP contribution in [-0.4, -0.2) is 77.2 Å². The number of carbonyl (C=O) groups excluding carboxylic acids is 2. The van der Waals surface area contributed by atoms with Crippen LogP contribution in [0, 0.1) is 0 Å². The van der Waals surface area contributed by atoms with Crippen LogP contribution in [0.5, 0.6) is 0 Å². The highest BCUT2D eigenvalue weighted by Crippen LogP contribution is 2.28. The minimum absolute atomic E-state index is 0.0939. The van der Waals surface area contributed by atoms with E-state index in [1.54, 1.807) is 12.4 Å². The summed E-state index contributed by atoms with van der Waals surface area (Å²) in [4.78, 5) is 45.7. The molecular weight excluding hydrogens is 508 g/mol. The lowest BCUT2D eigenvalue weighted by Crippen LogP contribution is -2.59. The topological polar surface area (TPSA) is 128 Å². The van der Waals surface area contributed by atoms with Gasteiger partial charge in [0.25, 0.3) is 0 Å². The molecule has 5 heterocycles. The Labute approximate surface area is 231 Å². The maximum absolute atomic E-state index is 12.8. The zero-order valence-corrected chi connectivity index (χ0v) is 22.0. The number of hydrogen-bond acceptors (Lipinski definition) is 8. The van der Waals surface area contributed by atoms with Gasteiger partial charge in [-0.1, -0.05) is 6.58 Å². The Kier molecular flexibility index (Phi) is 7.11. The number of carbonyl (C=O) groups is 2. The number of amides is 2. The van der Waals surface area contributed by atoms with Crippen LogP contribution in [0.2, 0.25) is 0 Å². The standard InChI is InChI=1S/C29H30N8O3/c1-2-25(38)33-22-17-37(18-22)23-7-9-30-21(15-23)16-26(39)32-20-5-3-19(4-6-20)28-34-24-8-10-31-29(27(24)35-28)36-11-13-40-14-12-36/h2-10,15,22H,1,11-14,16-18H2,(H,32,39)(H,33,38)(H,34,35). The molecule has 11 heteroatoms. The van der Waals surface area contributed by atoms with Crippen molar-refractivity contribution in [2.75, 3.05) is 54.5 Å². The monoisotopic (exact) mass is 538 g/mol. The average molecular weight is 539 g/mol. The molecule has 0 saturated carbocycles. The van der Waals surface area contributed by atoms with Gasteiger partial charge in [-0.25, -0.2) is 9.97 Å². The Bertz CT molecular complexity index is 1540. The molecule has 0 unspecified atom stereocenters. The zero-order valence-electron chi connectivity index (χ0n) is 22.0. The molecule has 2 aliphatic rings. The van der Waals surface area contributed by atoms with Gasteiger partial charge in [0.2, 0.25) is 11.8 Å². The van der Waals surface area contributed by atoms with E-state index in [-0.39, 0.29) is 24.3 Å². The lowest BCUT2D eigenvalue weighted by atomic mass is 10.1. The molecule has 3 N–H and O–H groups in total. The molecule has 11 nitrogen and oxygen atoms in total. The number of morpholine rings is 1. The van der Waals surface area contributed by atoms with Crippen molar-refractivity contribution in [1.29, 1.82) is 0 Å². The third kappa shape index (κ3) is 5.50. The fraction of sp³-hybridized carbons (Fsp3) is 0.276. The van der Waals surface area contributed by atoms with E-state index in [0.717, 1.165) is 47.0 Å². The molecule has 2 amide bonds. The van der Waals surface area contributed by atoms with E-state index in [4.69, 9.17) is 9.72 Å². The van der Waals surface area contributed by atoms with Gasteiger partial charge in [-0.05, 0) is 48.5 Å². The Hall–Kier alpha value is -4.77. The van der Waals surface area contributed by atoms with Crippen LogP contribution in [-0.2, 0) is 20.7 Å². The van der Waals surface area contributed by atoms with Crippen LogP contribution in [0.3, 0.4) is 0 Å². The summed E-state index contributed by atoms with van der Waals surface area (Å²) in [5, 5.41) is 5.83. The van der Waals surface area contributed by atoms with E-state index in [2.05, 4.69) is 42.0 Å². The van der Waals surface area contributed by atoms with Gasteiger partial charge in [0.05, 0.1) is 36.9 Å². The van der Waals surface area contributed by atoms with Crippen molar-refractivity contribution in [3.8, 4) is 11.4 Å². The Morgan fingerprint density at radius 3 is 2.60 bits per heavy atom. The highest BCUT2D eigenvalue weighted by molar-refractivity contribution is 5.93. The van der Waals surface area contributed by atoms with Crippen molar-refractivity contribution < 1.29 is 14.3 Å². The number of aromatic nitrogens is 4. The van der Waals surface area contributed by atoms with Crippen LogP contribution in [0.25, 0.3) is 22.4 Å². The predicted molar refractivity (Wildman–Crippen MR) is 153 cm³/mol. The second-order valence-corrected chi connectivity index (χ2v) is 9.84. The summed E-state index contributed by atoms with van der Waals surface area (Å²) >= 11 is 0. The smallest absolute Gasteiger partial charge is 0.243 e. The lowest BCUT2D eigenvalue weighted by Gasteiger charge is -2.41. The quantitative estimate of drug-likeness (QED) is 0.292. The molecule has 204 valence electrons. The van der Waals surface area contributed by atoms with Crippen LogP contribution in [0.15, 0.2) is 67.5 Å². The molecule has 2 saturated heterocycles. The van der Waals surface area contributed by atoms with Crippen molar-refractivity contribution in [3.63, 3.8) is 0 Å². The molecule has 6 rings (SSSR count). The van der Waals surface area contributed by atoms with Crippen molar-refractivity contribution in [3.05, 3.63) is 73.2 Å². The molecule has 2 aliphatic heterocycles. The molecule has 2 fully saturated rings. The van der Waals surface area contributed by atoms with Gasteiger partial charge >= 0.3 is 0 Å². The Morgan fingerprint density at radius 1 is 1.05 bits per heavy atom. The number of benzene rings is 1. The van der Waals surface area contributed by atoms with E-state index in [1.165, 1.54) is 6.08 Å². The Morgan fingerprint density at radius 2 is 1.82 bits per heavy atom. The number of imidazole rings is 1. The van der Waals surface area contributed by atoms with Crippen LogP contribution in [0.1, 0.15) is 5.69 Å². The highest BCUT2D eigenvalue weighted by atomic mass is 16.5.